The van der Waals surface area contributed by atoms with Crippen LogP contribution >= 0.6 is 11.3 Å². The first-order valence-electron chi connectivity index (χ1n) is 5.19. The van der Waals surface area contributed by atoms with Gasteiger partial charge in [-0.1, -0.05) is 0 Å². The maximum atomic E-state index is 11.3. The van der Waals surface area contributed by atoms with Crippen LogP contribution in [-0.4, -0.2) is 42.5 Å². The number of aliphatic carboxylic acids is 1. The molecule has 0 saturated heterocycles. The first kappa shape index (κ1) is 13.7. The number of likely N-dealkylation sites (N-methyl/N-ethyl adjacent to an activating group) is 1. The molecule has 17 heavy (non-hydrogen) atoms. The van der Waals surface area contributed by atoms with Gasteiger partial charge in [0.1, 0.15) is 0 Å². The summed E-state index contributed by atoms with van der Waals surface area (Å²) in [5.41, 5.74) is 0. The van der Waals surface area contributed by atoms with Gasteiger partial charge in [0.2, 0.25) is 5.91 Å². The maximum absolute atomic E-state index is 11.3. The molecule has 1 heterocycles. The quantitative estimate of drug-likeness (QED) is 0.780. The molecule has 0 atom stereocenters. The molecule has 5 nitrogen and oxygen atoms in total. The van der Waals surface area contributed by atoms with Crippen LogP contribution in [0.25, 0.3) is 0 Å². The van der Waals surface area contributed by atoms with E-state index in [-0.39, 0.29) is 12.3 Å². The molecule has 0 fully saturated rings. The molecule has 0 aromatic carbocycles. The summed E-state index contributed by atoms with van der Waals surface area (Å²) in [6, 6.07) is 3.69. The van der Waals surface area contributed by atoms with Crippen LogP contribution in [0.2, 0.25) is 0 Å². The first-order valence-corrected chi connectivity index (χ1v) is 6.01. The fraction of sp³-hybridized carbons (Fsp3) is 0.455. The molecular weight excluding hydrogens is 240 g/mol. The van der Waals surface area contributed by atoms with Crippen molar-refractivity contribution < 1.29 is 14.7 Å². The number of carboxylic acids is 1. The Morgan fingerprint density at radius 1 is 1.35 bits per heavy atom. The van der Waals surface area contributed by atoms with Crippen LogP contribution in [0.3, 0.4) is 0 Å². The standard InChI is InChI=1S/C11H16N2O3S/c1-13(2)10(14)7-12-6-9-4-3-8(17-9)5-11(15)16/h3-4,12H,5-7H2,1-2H3,(H,15,16). The van der Waals surface area contributed by atoms with Crippen LogP contribution in [0, 0.1) is 0 Å². The van der Waals surface area contributed by atoms with Crippen LogP contribution in [0.4, 0.5) is 0 Å². The number of hydrogen-bond donors (Lipinski definition) is 2. The highest BCUT2D eigenvalue weighted by molar-refractivity contribution is 7.12. The molecule has 0 aliphatic rings. The monoisotopic (exact) mass is 256 g/mol. The van der Waals surface area contributed by atoms with Gasteiger partial charge < -0.3 is 15.3 Å². The van der Waals surface area contributed by atoms with Crippen molar-refractivity contribution in [2.24, 2.45) is 0 Å². The van der Waals surface area contributed by atoms with Crippen LogP contribution in [0.5, 0.6) is 0 Å². The predicted molar refractivity (Wildman–Crippen MR) is 66.1 cm³/mol. The molecule has 1 amide bonds. The number of rotatable bonds is 6. The number of amides is 1. The third kappa shape index (κ3) is 4.97. The zero-order chi connectivity index (χ0) is 12.8. The number of nitrogens with zero attached hydrogens (tertiary/aromatic N) is 1. The van der Waals surface area contributed by atoms with Crippen molar-refractivity contribution in [2.75, 3.05) is 20.6 Å². The molecule has 94 valence electrons. The van der Waals surface area contributed by atoms with E-state index in [9.17, 15) is 9.59 Å². The largest absolute Gasteiger partial charge is 0.481 e. The van der Waals surface area contributed by atoms with Gasteiger partial charge in [-0.25, -0.2) is 0 Å². The molecule has 1 aromatic heterocycles. The minimum absolute atomic E-state index is 0.0207. The summed E-state index contributed by atoms with van der Waals surface area (Å²) in [5.74, 6) is -0.804. The third-order valence-electron chi connectivity index (χ3n) is 2.12. The summed E-state index contributed by atoms with van der Waals surface area (Å²) in [6.07, 6.45) is 0.0568. The average Bonchev–Trinajstić information content (AvgIpc) is 2.64. The molecule has 0 aliphatic carbocycles. The number of carbonyl (C=O) groups is 2. The lowest BCUT2D eigenvalue weighted by atomic mass is 10.3. The van der Waals surface area contributed by atoms with E-state index in [1.54, 1.807) is 14.1 Å². The Morgan fingerprint density at radius 2 is 2.00 bits per heavy atom. The number of carbonyl (C=O) groups excluding carboxylic acids is 1. The summed E-state index contributed by atoms with van der Waals surface area (Å²) in [7, 11) is 3.42. The van der Waals surface area contributed by atoms with Gasteiger partial charge in [-0.15, -0.1) is 11.3 Å². The van der Waals surface area contributed by atoms with Crippen LogP contribution in [0.15, 0.2) is 12.1 Å². The van der Waals surface area contributed by atoms with E-state index in [0.717, 1.165) is 9.75 Å². The van der Waals surface area contributed by atoms with Gasteiger partial charge in [-0.05, 0) is 12.1 Å². The zero-order valence-corrected chi connectivity index (χ0v) is 10.7. The van der Waals surface area contributed by atoms with Crippen molar-refractivity contribution in [2.45, 2.75) is 13.0 Å². The highest BCUT2D eigenvalue weighted by Crippen LogP contribution is 2.16. The van der Waals surface area contributed by atoms with Crippen molar-refractivity contribution in [3.63, 3.8) is 0 Å². The Morgan fingerprint density at radius 3 is 2.59 bits per heavy atom. The lowest BCUT2D eigenvalue weighted by molar-refractivity contribution is -0.136. The second-order valence-electron chi connectivity index (χ2n) is 3.83. The zero-order valence-electron chi connectivity index (χ0n) is 9.90. The van der Waals surface area contributed by atoms with Gasteiger partial charge >= 0.3 is 5.97 Å². The number of nitrogens with one attached hydrogen (secondary N) is 1. The van der Waals surface area contributed by atoms with Crippen molar-refractivity contribution in [3.8, 4) is 0 Å². The van der Waals surface area contributed by atoms with E-state index in [1.165, 1.54) is 16.2 Å². The average molecular weight is 256 g/mol. The number of thiophene rings is 1. The van der Waals surface area contributed by atoms with Gasteiger partial charge in [0.05, 0.1) is 13.0 Å². The number of hydrogen-bond acceptors (Lipinski definition) is 4. The third-order valence-corrected chi connectivity index (χ3v) is 3.20. The Bertz CT molecular complexity index is 401. The predicted octanol–water partition coefficient (Wildman–Crippen LogP) is 0.553. The van der Waals surface area contributed by atoms with Crippen LogP contribution in [0.1, 0.15) is 9.75 Å². The molecule has 0 spiro atoms. The first-order chi connectivity index (χ1) is 7.99. The molecule has 6 heteroatoms. The van der Waals surface area contributed by atoms with Crippen molar-refractivity contribution in [3.05, 3.63) is 21.9 Å². The van der Waals surface area contributed by atoms with Crippen LogP contribution in [-0.2, 0) is 22.6 Å². The second-order valence-corrected chi connectivity index (χ2v) is 5.08. The van der Waals surface area contributed by atoms with E-state index in [2.05, 4.69) is 5.32 Å². The summed E-state index contributed by atoms with van der Waals surface area (Å²) in [5, 5.41) is 11.6. The van der Waals surface area contributed by atoms with Gasteiger partial charge in [-0.2, -0.15) is 0 Å². The number of carboxylic acid groups (broad SMARTS) is 1. The minimum Gasteiger partial charge on any atom is -0.481 e. The Hall–Kier alpha value is -1.40. The van der Waals surface area contributed by atoms with Crippen molar-refractivity contribution in [1.29, 1.82) is 0 Å². The van der Waals surface area contributed by atoms with Crippen LogP contribution < -0.4 is 5.32 Å². The lowest BCUT2D eigenvalue weighted by Crippen LogP contribution is -2.32. The highest BCUT2D eigenvalue weighted by atomic mass is 32.1. The molecule has 0 bridgehead atoms. The van der Waals surface area contributed by atoms with Gasteiger partial charge in [0, 0.05) is 30.4 Å². The van der Waals surface area contributed by atoms with E-state index in [4.69, 9.17) is 5.11 Å². The molecular formula is C11H16N2O3S. The van der Waals surface area contributed by atoms with E-state index >= 15 is 0 Å². The van der Waals surface area contributed by atoms with E-state index < -0.39 is 5.97 Å². The lowest BCUT2D eigenvalue weighted by Gasteiger charge is -2.10. The minimum atomic E-state index is -0.825. The van der Waals surface area contributed by atoms with Gasteiger partial charge in [0.15, 0.2) is 0 Å². The van der Waals surface area contributed by atoms with Gasteiger partial charge in [-0.3, -0.25) is 9.59 Å². The SMILES string of the molecule is CN(C)C(=O)CNCc1ccc(CC(=O)O)s1. The topological polar surface area (TPSA) is 69.6 Å². The molecule has 0 radical (unpaired) electrons. The fourth-order valence-corrected chi connectivity index (χ4v) is 2.19. The molecule has 1 rings (SSSR count). The maximum Gasteiger partial charge on any atom is 0.308 e. The van der Waals surface area contributed by atoms with Crippen molar-refractivity contribution >= 4 is 23.2 Å². The summed E-state index contributed by atoms with van der Waals surface area (Å²) >= 11 is 1.45. The van der Waals surface area contributed by atoms with E-state index in [0.29, 0.717) is 13.1 Å². The van der Waals surface area contributed by atoms with Gasteiger partial charge in [0.25, 0.3) is 0 Å². The summed E-state index contributed by atoms with van der Waals surface area (Å²) < 4.78 is 0. The Balaban J connectivity index is 2.35. The second kappa shape index (κ2) is 6.36. The Kier molecular flexibility index (Phi) is 5.11. The van der Waals surface area contributed by atoms with Crippen molar-refractivity contribution in [1.82, 2.24) is 10.2 Å². The summed E-state index contributed by atoms with van der Waals surface area (Å²) in [4.78, 5) is 25.2. The molecule has 0 aliphatic heterocycles. The summed E-state index contributed by atoms with van der Waals surface area (Å²) in [6.45, 7) is 0.878. The van der Waals surface area contributed by atoms with E-state index in [1.807, 2.05) is 12.1 Å². The molecule has 0 saturated carbocycles. The fourth-order valence-electron chi connectivity index (χ4n) is 1.21. The Labute approximate surface area is 104 Å². The molecule has 0 unspecified atom stereocenters. The molecule has 2 N–H and O–H groups in total. The smallest absolute Gasteiger partial charge is 0.308 e. The molecule has 1 aromatic rings. The normalized spacial score (nSPS) is 10.2. The highest BCUT2D eigenvalue weighted by Gasteiger charge is 2.06.